The second-order valence-electron chi connectivity index (χ2n) is 3.50. The SMILES string of the molecule is Fc1ccc(N=c2oc3ccccc3s2)cc1. The van der Waals surface area contributed by atoms with E-state index in [4.69, 9.17) is 4.42 Å². The summed E-state index contributed by atoms with van der Waals surface area (Å²) in [4.78, 5) is 4.87. The van der Waals surface area contributed by atoms with E-state index in [1.54, 1.807) is 12.1 Å². The number of fused-ring (bicyclic) bond motifs is 1. The lowest BCUT2D eigenvalue weighted by atomic mass is 10.3. The molecular weight excluding hydrogens is 237 g/mol. The van der Waals surface area contributed by atoms with Gasteiger partial charge in [0.25, 0.3) is 4.87 Å². The maximum Gasteiger partial charge on any atom is 0.279 e. The zero-order valence-corrected chi connectivity index (χ0v) is 9.58. The molecule has 0 radical (unpaired) electrons. The number of nitrogens with zero attached hydrogens (tertiary/aromatic N) is 1. The molecule has 0 aliphatic heterocycles. The van der Waals surface area contributed by atoms with Gasteiger partial charge in [0, 0.05) is 0 Å². The summed E-state index contributed by atoms with van der Waals surface area (Å²) >= 11 is 1.47. The molecule has 0 bridgehead atoms. The first-order chi connectivity index (χ1) is 8.31. The predicted octanol–water partition coefficient (Wildman–Crippen LogP) is 3.87. The first kappa shape index (κ1) is 10.2. The summed E-state index contributed by atoms with van der Waals surface area (Å²) in [6.45, 7) is 0. The zero-order valence-electron chi connectivity index (χ0n) is 8.76. The van der Waals surface area contributed by atoms with Crippen molar-refractivity contribution >= 4 is 27.3 Å². The number of hydrogen-bond acceptors (Lipinski definition) is 3. The van der Waals surface area contributed by atoms with Crippen molar-refractivity contribution in [1.82, 2.24) is 0 Å². The molecule has 2 nitrogen and oxygen atoms in total. The van der Waals surface area contributed by atoms with Crippen molar-refractivity contribution in [3.05, 3.63) is 59.2 Å². The Hall–Kier alpha value is -1.94. The van der Waals surface area contributed by atoms with E-state index < -0.39 is 0 Å². The maximum atomic E-state index is 12.7. The van der Waals surface area contributed by atoms with E-state index in [0.717, 1.165) is 10.3 Å². The Morgan fingerprint density at radius 3 is 2.53 bits per heavy atom. The lowest BCUT2D eigenvalue weighted by Crippen LogP contribution is -1.87. The summed E-state index contributed by atoms with van der Waals surface area (Å²) in [6.07, 6.45) is 0. The van der Waals surface area contributed by atoms with Crippen LogP contribution in [0, 0.1) is 5.82 Å². The van der Waals surface area contributed by atoms with Crippen molar-refractivity contribution < 1.29 is 8.81 Å². The van der Waals surface area contributed by atoms with Crippen LogP contribution >= 0.6 is 11.3 Å². The molecule has 1 heterocycles. The van der Waals surface area contributed by atoms with Crippen LogP contribution < -0.4 is 4.87 Å². The van der Waals surface area contributed by atoms with Crippen LogP contribution in [0.4, 0.5) is 10.1 Å². The monoisotopic (exact) mass is 245 g/mol. The van der Waals surface area contributed by atoms with E-state index in [2.05, 4.69) is 4.99 Å². The molecule has 4 heteroatoms. The largest absolute Gasteiger partial charge is 0.429 e. The maximum absolute atomic E-state index is 12.7. The highest BCUT2D eigenvalue weighted by Gasteiger charge is 1.98. The van der Waals surface area contributed by atoms with Crippen molar-refractivity contribution in [3.8, 4) is 0 Å². The summed E-state index contributed by atoms with van der Waals surface area (Å²) < 4.78 is 19.3. The van der Waals surface area contributed by atoms with Gasteiger partial charge in [-0.05, 0) is 36.4 Å². The summed E-state index contributed by atoms with van der Waals surface area (Å²) in [5.41, 5.74) is 1.50. The van der Waals surface area contributed by atoms with E-state index in [1.165, 1.54) is 23.5 Å². The van der Waals surface area contributed by atoms with Crippen LogP contribution in [0.15, 0.2) is 57.9 Å². The minimum absolute atomic E-state index is 0.266. The fourth-order valence-corrected chi connectivity index (χ4v) is 2.32. The van der Waals surface area contributed by atoms with Crippen LogP contribution in [0.5, 0.6) is 0 Å². The average molecular weight is 245 g/mol. The molecule has 3 aromatic rings. The van der Waals surface area contributed by atoms with Gasteiger partial charge < -0.3 is 4.42 Å². The molecule has 0 unspecified atom stereocenters. The molecule has 2 aromatic carbocycles. The van der Waals surface area contributed by atoms with Crippen molar-refractivity contribution in [3.63, 3.8) is 0 Å². The predicted molar refractivity (Wildman–Crippen MR) is 65.7 cm³/mol. The van der Waals surface area contributed by atoms with Gasteiger partial charge in [0.1, 0.15) is 11.4 Å². The normalized spacial score (nSPS) is 12.2. The third-order valence-electron chi connectivity index (χ3n) is 2.29. The van der Waals surface area contributed by atoms with Crippen LogP contribution in [0.1, 0.15) is 0 Å². The van der Waals surface area contributed by atoms with E-state index in [0.29, 0.717) is 10.6 Å². The average Bonchev–Trinajstić information content (AvgIpc) is 2.74. The van der Waals surface area contributed by atoms with Crippen LogP contribution in [-0.4, -0.2) is 0 Å². The minimum Gasteiger partial charge on any atom is -0.429 e. The molecule has 0 fully saturated rings. The van der Waals surface area contributed by atoms with Gasteiger partial charge >= 0.3 is 0 Å². The van der Waals surface area contributed by atoms with Crippen molar-refractivity contribution in [2.75, 3.05) is 0 Å². The number of halogens is 1. The molecule has 0 atom stereocenters. The highest BCUT2D eigenvalue weighted by Crippen LogP contribution is 2.17. The molecule has 0 aliphatic carbocycles. The molecule has 3 rings (SSSR count). The molecule has 0 spiro atoms. The highest BCUT2D eigenvalue weighted by molar-refractivity contribution is 7.16. The Morgan fingerprint density at radius 2 is 1.76 bits per heavy atom. The van der Waals surface area contributed by atoms with Gasteiger partial charge in [0.15, 0.2) is 0 Å². The van der Waals surface area contributed by atoms with Crippen LogP contribution in [0.25, 0.3) is 10.3 Å². The molecule has 0 N–H and O–H groups in total. The molecular formula is C13H8FNOS. The second kappa shape index (κ2) is 4.14. The molecule has 0 aliphatic rings. The molecule has 84 valence electrons. The number of hydrogen-bond donors (Lipinski definition) is 0. The fourth-order valence-electron chi connectivity index (χ4n) is 1.49. The van der Waals surface area contributed by atoms with Crippen molar-refractivity contribution in [2.45, 2.75) is 0 Å². The van der Waals surface area contributed by atoms with Crippen LogP contribution in [-0.2, 0) is 0 Å². The van der Waals surface area contributed by atoms with Crippen molar-refractivity contribution in [1.29, 1.82) is 0 Å². The molecule has 1 aromatic heterocycles. The molecule has 0 amide bonds. The third kappa shape index (κ3) is 2.12. The Balaban J connectivity index is 2.11. The van der Waals surface area contributed by atoms with Gasteiger partial charge in [-0.3, -0.25) is 0 Å². The quantitative estimate of drug-likeness (QED) is 0.639. The minimum atomic E-state index is -0.266. The lowest BCUT2D eigenvalue weighted by Gasteiger charge is -1.89. The Morgan fingerprint density at radius 1 is 1.00 bits per heavy atom. The van der Waals surface area contributed by atoms with E-state index in [-0.39, 0.29) is 5.82 Å². The van der Waals surface area contributed by atoms with Crippen LogP contribution in [0.3, 0.4) is 0 Å². The van der Waals surface area contributed by atoms with Gasteiger partial charge in [-0.1, -0.05) is 23.5 Å². The summed E-state index contributed by atoms with van der Waals surface area (Å²) in [5, 5.41) is 0. The summed E-state index contributed by atoms with van der Waals surface area (Å²) in [7, 11) is 0. The number of benzene rings is 2. The van der Waals surface area contributed by atoms with Gasteiger partial charge in [-0.15, -0.1) is 0 Å². The van der Waals surface area contributed by atoms with Gasteiger partial charge in [-0.2, -0.15) is 0 Å². The molecule has 17 heavy (non-hydrogen) atoms. The number of para-hydroxylation sites is 1. The first-order valence-corrected chi connectivity index (χ1v) is 5.92. The Kier molecular flexibility index (Phi) is 2.49. The zero-order chi connectivity index (χ0) is 11.7. The van der Waals surface area contributed by atoms with Gasteiger partial charge in [0.2, 0.25) is 0 Å². The second-order valence-corrected chi connectivity index (χ2v) is 4.50. The Labute approximate surface area is 101 Å². The Bertz CT molecular complexity index is 676. The number of rotatable bonds is 1. The molecule has 0 saturated heterocycles. The fraction of sp³-hybridized carbons (Fsp3) is 0. The van der Waals surface area contributed by atoms with Crippen LogP contribution in [0.2, 0.25) is 0 Å². The smallest absolute Gasteiger partial charge is 0.279 e. The van der Waals surface area contributed by atoms with Gasteiger partial charge in [0.05, 0.1) is 10.4 Å². The van der Waals surface area contributed by atoms with Crippen molar-refractivity contribution in [2.24, 2.45) is 4.99 Å². The third-order valence-corrected chi connectivity index (χ3v) is 3.20. The van der Waals surface area contributed by atoms with Gasteiger partial charge in [-0.25, -0.2) is 9.38 Å². The molecule has 0 saturated carbocycles. The summed E-state index contributed by atoms with van der Waals surface area (Å²) in [6, 6.07) is 13.8. The van der Waals surface area contributed by atoms with E-state index in [9.17, 15) is 4.39 Å². The topological polar surface area (TPSA) is 25.5 Å². The van der Waals surface area contributed by atoms with E-state index >= 15 is 0 Å². The lowest BCUT2D eigenvalue weighted by molar-refractivity contribution is 0.570. The first-order valence-electron chi connectivity index (χ1n) is 5.10. The standard InChI is InChI=1S/C13H8FNOS/c14-9-5-7-10(8-6-9)15-13-16-11-3-1-2-4-12(11)17-13/h1-8H. The summed E-state index contributed by atoms with van der Waals surface area (Å²) in [5.74, 6) is -0.266. The highest BCUT2D eigenvalue weighted by atomic mass is 32.1. The van der Waals surface area contributed by atoms with E-state index in [1.807, 2.05) is 24.3 Å².